The van der Waals surface area contributed by atoms with Gasteiger partial charge in [-0.3, -0.25) is 4.98 Å². The second-order valence-corrected chi connectivity index (χ2v) is 17.5. The number of fused-ring (bicyclic) bond motifs is 1. The number of aromatic nitrogens is 3. The van der Waals surface area contributed by atoms with E-state index in [-0.39, 0.29) is 55.0 Å². The average Bonchev–Trinajstić information content (AvgIpc) is 3.19. The van der Waals surface area contributed by atoms with E-state index >= 15 is 4.39 Å². The smallest absolute Gasteiger partial charge is 0.248 e. The number of pyridine rings is 1. The largest absolute Gasteiger partial charge is 0.497 e. The number of anilines is 1. The van der Waals surface area contributed by atoms with Gasteiger partial charge >= 0.3 is 0 Å². The van der Waals surface area contributed by atoms with Crippen molar-refractivity contribution >= 4 is 5.95 Å². The first-order valence-corrected chi connectivity index (χ1v) is 20.4. The quantitative estimate of drug-likeness (QED) is 0.163. The van der Waals surface area contributed by atoms with Crippen LogP contribution in [0.3, 0.4) is 0 Å². The first-order chi connectivity index (χ1) is 26.7. The summed E-state index contributed by atoms with van der Waals surface area (Å²) < 4.78 is 59.6. The van der Waals surface area contributed by atoms with Crippen LogP contribution < -0.4 is 9.64 Å². The Morgan fingerprint density at radius 3 is 2.12 bits per heavy atom. The Morgan fingerprint density at radius 2 is 1.52 bits per heavy atom. The van der Waals surface area contributed by atoms with Crippen molar-refractivity contribution in [2.75, 3.05) is 25.1 Å². The van der Waals surface area contributed by atoms with Crippen LogP contribution in [0.25, 0.3) is 0 Å². The number of alkyl halides is 3. The molecule has 3 heterocycles. The maximum atomic E-state index is 17.8. The number of rotatable bonds is 11. The lowest BCUT2D eigenvalue weighted by Crippen LogP contribution is -2.36. The van der Waals surface area contributed by atoms with Crippen molar-refractivity contribution < 1.29 is 27.8 Å². The zero-order valence-electron chi connectivity index (χ0n) is 33.7. The van der Waals surface area contributed by atoms with Crippen molar-refractivity contribution in [3.63, 3.8) is 0 Å². The highest BCUT2D eigenvalue weighted by Gasteiger charge is 2.44. The van der Waals surface area contributed by atoms with Gasteiger partial charge in [-0.2, -0.15) is 0 Å². The lowest BCUT2D eigenvalue weighted by atomic mass is 9.68. The molecule has 56 heavy (non-hydrogen) atoms. The van der Waals surface area contributed by atoms with Crippen molar-refractivity contribution in [1.29, 1.82) is 0 Å². The Kier molecular flexibility index (Phi) is 11.8. The number of nitrogens with zero attached hydrogens (tertiary/aromatic N) is 4. The number of benzene rings is 2. The third-order valence-corrected chi connectivity index (χ3v) is 12.3. The van der Waals surface area contributed by atoms with E-state index in [9.17, 15) is 13.9 Å². The number of halogens is 3. The number of hydrogen-bond acceptors (Lipinski definition) is 7. The van der Waals surface area contributed by atoms with E-state index in [4.69, 9.17) is 14.5 Å². The number of aliphatic hydroxyl groups is 1. The van der Waals surface area contributed by atoms with Gasteiger partial charge in [0.1, 0.15) is 5.75 Å². The molecule has 1 saturated heterocycles. The summed E-state index contributed by atoms with van der Waals surface area (Å²) >= 11 is 0. The third kappa shape index (κ3) is 8.76. The third-order valence-electron chi connectivity index (χ3n) is 12.3. The van der Waals surface area contributed by atoms with Gasteiger partial charge in [-0.1, -0.05) is 69.7 Å². The van der Waals surface area contributed by atoms with E-state index in [1.165, 1.54) is 0 Å². The predicted molar refractivity (Wildman–Crippen MR) is 213 cm³/mol. The summed E-state index contributed by atoms with van der Waals surface area (Å²) in [4.78, 5) is 16.9. The second-order valence-electron chi connectivity index (χ2n) is 17.5. The van der Waals surface area contributed by atoms with Crippen LogP contribution in [0.4, 0.5) is 19.1 Å². The van der Waals surface area contributed by atoms with Crippen LogP contribution >= 0.6 is 0 Å². The van der Waals surface area contributed by atoms with E-state index in [0.717, 1.165) is 39.4 Å². The molecule has 3 aliphatic rings. The van der Waals surface area contributed by atoms with E-state index in [1.807, 2.05) is 69.3 Å². The summed E-state index contributed by atoms with van der Waals surface area (Å²) in [6, 6.07) is 15.4. The fourth-order valence-corrected chi connectivity index (χ4v) is 9.02. The molecular weight excluding hydrogens is 714 g/mol. The van der Waals surface area contributed by atoms with Gasteiger partial charge in [0, 0.05) is 66.6 Å². The molecule has 7 nitrogen and oxygen atoms in total. The molecular formula is C46H57F3N4O3. The minimum Gasteiger partial charge on any atom is -0.497 e. The maximum Gasteiger partial charge on any atom is 0.248 e. The Hall–Kier alpha value is -4.02. The minimum atomic E-state index is -2.73. The summed E-state index contributed by atoms with van der Waals surface area (Å²) in [5.41, 5.74) is 7.10. The standard InChI is InChI=1S/C46H57F3N4O3/c1-28(2)43(54)34-25-50-44(51-26-34)53-21-17-33(18-22-53)42-40(41(47)32-11-7-29(3)8-12-32)38(31-15-19-46(48,49)20-16-31)39-36(52-42)23-45(4,5)24-37(39)56-27-30-9-13-35(55-6)14-10-30/h7-14,25-26,28,31,33,37,41,43,54H,15-24,27H2,1-6H3. The van der Waals surface area contributed by atoms with Crippen LogP contribution in [-0.2, 0) is 17.8 Å². The molecule has 2 fully saturated rings. The van der Waals surface area contributed by atoms with Gasteiger partial charge in [0.2, 0.25) is 11.9 Å². The van der Waals surface area contributed by atoms with Crippen LogP contribution in [0.1, 0.15) is 153 Å². The van der Waals surface area contributed by atoms with Crippen LogP contribution in [0.5, 0.6) is 5.75 Å². The molecule has 2 aromatic heterocycles. The number of piperidine rings is 1. The van der Waals surface area contributed by atoms with Gasteiger partial charge in [-0.25, -0.2) is 23.1 Å². The molecule has 300 valence electrons. The molecule has 3 unspecified atom stereocenters. The number of methoxy groups -OCH3 is 1. The molecule has 7 rings (SSSR count). The SMILES string of the molecule is COc1ccc(COC2CC(C)(C)Cc3nc(C4CCN(c5ncc(C(O)C(C)C)cn5)CC4)c(C(F)c4ccc(C)cc4)c(C4CCC(F)(F)CC4)c32)cc1. The zero-order valence-corrected chi connectivity index (χ0v) is 33.7. The first-order valence-electron chi connectivity index (χ1n) is 20.4. The fraction of sp³-hybridized carbons (Fsp3) is 0.543. The van der Waals surface area contributed by atoms with Crippen molar-refractivity contribution in [2.45, 2.75) is 129 Å². The highest BCUT2D eigenvalue weighted by molar-refractivity contribution is 5.51. The molecule has 0 spiro atoms. The number of ether oxygens (including phenoxy) is 2. The normalized spacial score (nSPS) is 21.1. The molecule has 2 aromatic carbocycles. The van der Waals surface area contributed by atoms with Crippen molar-refractivity contribution in [3.05, 3.63) is 111 Å². The van der Waals surface area contributed by atoms with Crippen LogP contribution in [-0.4, -0.2) is 46.2 Å². The molecule has 2 aliphatic carbocycles. The summed E-state index contributed by atoms with van der Waals surface area (Å²) in [6.45, 7) is 12.0. The van der Waals surface area contributed by atoms with Crippen molar-refractivity contribution in [2.24, 2.45) is 11.3 Å². The highest BCUT2D eigenvalue weighted by atomic mass is 19.3. The van der Waals surface area contributed by atoms with E-state index in [0.29, 0.717) is 68.0 Å². The zero-order chi connectivity index (χ0) is 39.8. The number of aryl methyl sites for hydroxylation is 1. The lowest BCUT2D eigenvalue weighted by molar-refractivity contribution is -0.0390. The van der Waals surface area contributed by atoms with Gasteiger partial charge in [-0.05, 0) is 91.5 Å². The molecule has 0 amide bonds. The Balaban J connectivity index is 1.31. The molecule has 10 heteroatoms. The highest BCUT2D eigenvalue weighted by Crippen LogP contribution is 2.53. The van der Waals surface area contributed by atoms with Crippen LogP contribution in [0.2, 0.25) is 0 Å². The Labute approximate surface area is 330 Å². The monoisotopic (exact) mass is 770 g/mol. The summed E-state index contributed by atoms with van der Waals surface area (Å²) in [7, 11) is 1.64. The molecule has 1 saturated carbocycles. The molecule has 0 bridgehead atoms. The average molecular weight is 771 g/mol. The van der Waals surface area contributed by atoms with Crippen LogP contribution in [0, 0.1) is 18.3 Å². The van der Waals surface area contributed by atoms with Crippen molar-refractivity contribution in [3.8, 4) is 5.75 Å². The second kappa shape index (κ2) is 16.5. The van der Waals surface area contributed by atoms with Gasteiger partial charge in [0.25, 0.3) is 0 Å². The first kappa shape index (κ1) is 40.2. The summed E-state index contributed by atoms with van der Waals surface area (Å²) in [5.74, 6) is -1.61. The summed E-state index contributed by atoms with van der Waals surface area (Å²) in [5, 5.41) is 10.5. The predicted octanol–water partition coefficient (Wildman–Crippen LogP) is 10.8. The van der Waals surface area contributed by atoms with Crippen LogP contribution in [0.15, 0.2) is 60.9 Å². The van der Waals surface area contributed by atoms with E-state index in [2.05, 4.69) is 28.7 Å². The summed E-state index contributed by atoms with van der Waals surface area (Å²) in [6.07, 6.45) is 3.84. The maximum absolute atomic E-state index is 17.8. The minimum absolute atomic E-state index is 0.0497. The fourth-order valence-electron chi connectivity index (χ4n) is 9.02. The topological polar surface area (TPSA) is 80.6 Å². The molecule has 4 aromatic rings. The lowest BCUT2D eigenvalue weighted by Gasteiger charge is -2.42. The van der Waals surface area contributed by atoms with E-state index < -0.39 is 18.2 Å². The van der Waals surface area contributed by atoms with Gasteiger partial charge < -0.3 is 19.5 Å². The Morgan fingerprint density at radius 1 is 0.875 bits per heavy atom. The number of aliphatic hydroxyl groups excluding tert-OH is 1. The van der Waals surface area contributed by atoms with Gasteiger partial charge in [0.15, 0.2) is 6.17 Å². The Bertz CT molecular complexity index is 1930. The molecule has 1 aliphatic heterocycles. The van der Waals surface area contributed by atoms with Crippen molar-refractivity contribution in [1.82, 2.24) is 15.0 Å². The molecule has 1 N–H and O–H groups in total. The molecule has 0 radical (unpaired) electrons. The van der Waals surface area contributed by atoms with Gasteiger partial charge in [-0.15, -0.1) is 0 Å². The molecule has 3 atom stereocenters. The van der Waals surface area contributed by atoms with Gasteiger partial charge in [0.05, 0.1) is 31.6 Å². The number of hydrogen-bond donors (Lipinski definition) is 1. The van der Waals surface area contributed by atoms with E-state index in [1.54, 1.807) is 19.5 Å².